The molecule has 0 N–H and O–H groups in total. The van der Waals surface area contributed by atoms with Crippen molar-refractivity contribution in [3.63, 3.8) is 0 Å². The first-order chi connectivity index (χ1) is 5.49. The van der Waals surface area contributed by atoms with Gasteiger partial charge in [0.15, 0.2) is 0 Å². The normalized spacial score (nSPS) is 18.1. The van der Waals surface area contributed by atoms with Gasteiger partial charge in [-0.15, -0.1) is 0 Å². The molecule has 1 amide bonds. The molecule has 0 atom stereocenters. The molecule has 1 rings (SSSR count). The Morgan fingerprint density at radius 2 is 2.17 bits per heavy atom. The molecule has 12 heavy (non-hydrogen) atoms. The molecule has 0 aromatic carbocycles. The van der Waals surface area contributed by atoms with E-state index in [1.54, 1.807) is 15.1 Å². The Hall–Kier alpha value is -0.0300. The third-order valence-corrected chi connectivity index (χ3v) is 3.44. The first-order valence-corrected chi connectivity index (χ1v) is 6.07. The van der Waals surface area contributed by atoms with Gasteiger partial charge in [0.1, 0.15) is 5.60 Å². The third-order valence-electron chi connectivity index (χ3n) is 1.12. The van der Waals surface area contributed by atoms with Crippen LogP contribution in [0, 0.1) is 0 Å². The largest absolute Gasteiger partial charge is 0.443 e. The van der Waals surface area contributed by atoms with Crippen molar-refractivity contribution in [3.8, 4) is 0 Å². The summed E-state index contributed by atoms with van der Waals surface area (Å²) in [4.78, 5) is 11.3. The number of rotatable bonds is 0. The average molecular weight is 207 g/mol. The van der Waals surface area contributed by atoms with Gasteiger partial charge in [-0.2, -0.15) is 0 Å². The minimum absolute atomic E-state index is 0.225. The number of carbonyl (C=O) groups is 1. The molecule has 0 aromatic rings. The quantitative estimate of drug-likeness (QED) is 0.451. The van der Waals surface area contributed by atoms with Crippen LogP contribution in [0.15, 0.2) is 0 Å². The van der Waals surface area contributed by atoms with Crippen LogP contribution in [0.3, 0.4) is 0 Å². The molecule has 1 saturated heterocycles. The number of carbonyl (C=O) groups excluding carboxylic acids is 1. The number of hydrogen-bond donors (Lipinski definition) is 0. The molecule has 3 nitrogen and oxygen atoms in total. The molecule has 1 fully saturated rings. The van der Waals surface area contributed by atoms with Crippen molar-refractivity contribution < 1.29 is 9.53 Å². The smallest absolute Gasteiger partial charge is 0.421 e. The zero-order valence-electron chi connectivity index (χ0n) is 7.49. The van der Waals surface area contributed by atoms with E-state index in [0.29, 0.717) is 0 Å². The van der Waals surface area contributed by atoms with Crippen molar-refractivity contribution in [2.75, 3.05) is 12.3 Å². The molecule has 1 aliphatic heterocycles. The Bertz CT molecular complexity index is 173. The lowest BCUT2D eigenvalue weighted by molar-refractivity contribution is 0.0416. The highest BCUT2D eigenvalue weighted by molar-refractivity contribution is 8.76. The van der Waals surface area contributed by atoms with Gasteiger partial charge in [0.05, 0.1) is 0 Å². The maximum absolute atomic E-state index is 11.3. The minimum atomic E-state index is -0.384. The van der Waals surface area contributed by atoms with Gasteiger partial charge >= 0.3 is 6.09 Å². The summed E-state index contributed by atoms with van der Waals surface area (Å²) in [6.07, 6.45) is -0.225. The zero-order chi connectivity index (χ0) is 9.19. The number of ether oxygens (including phenoxy) is 1. The highest BCUT2D eigenvalue weighted by Gasteiger charge is 2.25. The van der Waals surface area contributed by atoms with Crippen LogP contribution in [-0.4, -0.2) is 28.3 Å². The second-order valence-corrected chi connectivity index (χ2v) is 5.87. The zero-order valence-corrected chi connectivity index (χ0v) is 9.13. The van der Waals surface area contributed by atoms with Gasteiger partial charge in [0.2, 0.25) is 0 Å². The molecule has 0 aliphatic carbocycles. The highest BCUT2D eigenvalue weighted by Crippen LogP contribution is 2.33. The summed E-state index contributed by atoms with van der Waals surface area (Å²) >= 11 is 0. The molecular formula is C7H13NO2S2. The first-order valence-electron chi connectivity index (χ1n) is 3.79. The molecule has 0 radical (unpaired) electrons. The number of hydrogen-bond acceptors (Lipinski definition) is 4. The summed E-state index contributed by atoms with van der Waals surface area (Å²) in [7, 11) is 3.14. The molecule has 1 heterocycles. The second kappa shape index (κ2) is 3.79. The lowest BCUT2D eigenvalue weighted by atomic mass is 10.2. The molecule has 5 heteroatoms. The van der Waals surface area contributed by atoms with E-state index in [9.17, 15) is 4.79 Å². The van der Waals surface area contributed by atoms with E-state index in [4.69, 9.17) is 4.74 Å². The van der Waals surface area contributed by atoms with Gasteiger partial charge in [-0.25, -0.2) is 9.10 Å². The standard InChI is InChI=1S/C7H13NO2S2/c1-7(2,3)10-6(9)8-4-5-11-12-8/h4-5H2,1-3H3. The minimum Gasteiger partial charge on any atom is -0.443 e. The summed E-state index contributed by atoms with van der Waals surface area (Å²) in [5, 5.41) is 0. The summed E-state index contributed by atoms with van der Waals surface area (Å²) in [5.41, 5.74) is -0.384. The van der Waals surface area contributed by atoms with Crippen LogP contribution in [0.4, 0.5) is 4.79 Å². The van der Waals surface area contributed by atoms with Crippen LogP contribution in [0.5, 0.6) is 0 Å². The average Bonchev–Trinajstić information content (AvgIpc) is 2.32. The fourth-order valence-electron chi connectivity index (χ4n) is 0.693. The summed E-state index contributed by atoms with van der Waals surface area (Å²) in [6, 6.07) is 0. The monoisotopic (exact) mass is 207 g/mol. The van der Waals surface area contributed by atoms with Crippen LogP contribution in [0.2, 0.25) is 0 Å². The Morgan fingerprint density at radius 3 is 2.58 bits per heavy atom. The van der Waals surface area contributed by atoms with E-state index >= 15 is 0 Å². The van der Waals surface area contributed by atoms with E-state index in [0.717, 1.165) is 12.3 Å². The van der Waals surface area contributed by atoms with E-state index in [-0.39, 0.29) is 11.7 Å². The van der Waals surface area contributed by atoms with Gasteiger partial charge < -0.3 is 4.74 Å². The van der Waals surface area contributed by atoms with Crippen LogP contribution < -0.4 is 0 Å². The predicted molar refractivity (Wildman–Crippen MR) is 53.0 cm³/mol. The number of amides is 1. The molecule has 1 aliphatic rings. The summed E-state index contributed by atoms with van der Waals surface area (Å²) in [6.45, 7) is 6.40. The van der Waals surface area contributed by atoms with Crippen molar-refractivity contribution in [3.05, 3.63) is 0 Å². The fourth-order valence-corrected chi connectivity index (χ4v) is 2.77. The highest BCUT2D eigenvalue weighted by atomic mass is 33.1. The first kappa shape index (κ1) is 10.1. The Balaban J connectivity index is 2.37. The van der Waals surface area contributed by atoms with E-state index in [1.807, 2.05) is 20.8 Å². The summed E-state index contributed by atoms with van der Waals surface area (Å²) in [5.74, 6) is 0.990. The van der Waals surface area contributed by atoms with E-state index < -0.39 is 0 Å². The second-order valence-electron chi connectivity index (χ2n) is 3.48. The van der Waals surface area contributed by atoms with Crippen molar-refractivity contribution in [2.45, 2.75) is 26.4 Å². The van der Waals surface area contributed by atoms with Gasteiger partial charge in [-0.1, -0.05) is 10.8 Å². The maximum Gasteiger partial charge on any atom is 0.421 e. The Kier molecular flexibility index (Phi) is 3.17. The Labute approximate surface area is 80.7 Å². The van der Waals surface area contributed by atoms with E-state index in [2.05, 4.69) is 0 Å². The molecular weight excluding hydrogens is 194 g/mol. The SMILES string of the molecule is CC(C)(C)OC(=O)N1CCSS1. The maximum atomic E-state index is 11.3. The van der Waals surface area contributed by atoms with Gasteiger partial charge in [-0.05, 0) is 20.8 Å². The van der Waals surface area contributed by atoms with Crippen LogP contribution in [0.1, 0.15) is 20.8 Å². The van der Waals surface area contributed by atoms with E-state index in [1.165, 1.54) is 11.0 Å². The fraction of sp³-hybridized carbons (Fsp3) is 0.857. The molecule has 0 aromatic heterocycles. The van der Waals surface area contributed by atoms with Crippen molar-refractivity contribution in [2.24, 2.45) is 0 Å². The predicted octanol–water partition coefficient (Wildman–Crippen LogP) is 2.53. The molecule has 0 bridgehead atoms. The molecule has 0 spiro atoms. The van der Waals surface area contributed by atoms with Crippen LogP contribution >= 0.6 is 21.8 Å². The Morgan fingerprint density at radius 1 is 1.50 bits per heavy atom. The lowest BCUT2D eigenvalue weighted by Crippen LogP contribution is -2.31. The van der Waals surface area contributed by atoms with Gasteiger partial charge in [0, 0.05) is 23.3 Å². The topological polar surface area (TPSA) is 29.5 Å². The lowest BCUT2D eigenvalue weighted by Gasteiger charge is -2.22. The van der Waals surface area contributed by atoms with Crippen LogP contribution in [-0.2, 0) is 4.74 Å². The van der Waals surface area contributed by atoms with Gasteiger partial charge in [-0.3, -0.25) is 0 Å². The summed E-state index contributed by atoms with van der Waals surface area (Å²) < 4.78 is 6.82. The molecule has 70 valence electrons. The van der Waals surface area contributed by atoms with Crippen molar-refractivity contribution in [1.82, 2.24) is 4.31 Å². The van der Waals surface area contributed by atoms with Crippen molar-refractivity contribution in [1.29, 1.82) is 0 Å². The van der Waals surface area contributed by atoms with Crippen LogP contribution in [0.25, 0.3) is 0 Å². The van der Waals surface area contributed by atoms with Crippen molar-refractivity contribution >= 4 is 27.9 Å². The molecule has 0 unspecified atom stereocenters. The number of nitrogens with zero attached hydrogens (tertiary/aromatic N) is 1. The molecule has 0 saturated carbocycles. The third kappa shape index (κ3) is 3.15. The van der Waals surface area contributed by atoms with Gasteiger partial charge in [0.25, 0.3) is 0 Å².